The molecule has 0 amide bonds. The lowest BCUT2D eigenvalue weighted by atomic mass is 9.92. The molecule has 18 aromatic carbocycles. The van der Waals surface area contributed by atoms with E-state index in [-0.39, 0.29) is 0 Å². The molecule has 0 spiro atoms. The Morgan fingerprint density at radius 2 is 0.390 bits per heavy atom. The number of rotatable bonds is 8. The molecule has 0 atom stereocenters. The van der Waals surface area contributed by atoms with E-state index in [0.717, 1.165) is 65.9 Å². The molecule has 0 aliphatic heterocycles. The molecule has 0 unspecified atom stereocenters. The van der Waals surface area contributed by atoms with E-state index in [1.807, 2.05) is 18.2 Å². The number of fused-ring (bicyclic) bond motifs is 14. The Balaban J connectivity index is 0.000000139. The molecule has 20 rings (SSSR count). The average Bonchev–Trinajstić information content (AvgIpc) is 0.759. The van der Waals surface area contributed by atoms with Crippen LogP contribution in [0.3, 0.4) is 0 Å². The molecule has 0 fully saturated rings. The van der Waals surface area contributed by atoms with E-state index in [1.165, 1.54) is 97.5 Å². The lowest BCUT2D eigenvalue weighted by Crippen LogP contribution is -2.00. The van der Waals surface area contributed by atoms with Crippen LogP contribution in [0, 0.1) is 0 Å². The van der Waals surface area contributed by atoms with Gasteiger partial charge in [-0.3, -0.25) is 0 Å². The number of benzene rings is 18. The van der Waals surface area contributed by atoms with Crippen molar-refractivity contribution in [2.24, 2.45) is 0 Å². The van der Waals surface area contributed by atoms with Crippen molar-refractivity contribution < 1.29 is 0 Å². The predicted octanol–water partition coefficient (Wildman–Crippen LogP) is 24.6. The summed E-state index contributed by atoms with van der Waals surface area (Å²) >= 11 is 0. The van der Waals surface area contributed by atoms with Crippen LogP contribution in [-0.2, 0) is 0 Å². The quantitative estimate of drug-likeness (QED) is 0.141. The first-order valence-electron chi connectivity index (χ1n) is 33.9. The van der Waals surface area contributed by atoms with E-state index in [4.69, 9.17) is 29.9 Å². The summed E-state index contributed by atoms with van der Waals surface area (Å²) in [6.45, 7) is 0. The minimum atomic E-state index is 0.648. The Morgan fingerprint density at radius 1 is 0.120 bits per heavy atom. The van der Waals surface area contributed by atoms with Crippen molar-refractivity contribution in [3.8, 4) is 90.6 Å². The second kappa shape index (κ2) is 24.3. The lowest BCUT2D eigenvalue weighted by Gasteiger charge is -2.14. The van der Waals surface area contributed by atoms with Crippen LogP contribution in [0.4, 0.5) is 0 Å². The molecule has 0 aliphatic carbocycles. The molecular weight excluding hydrogens is 1210 g/mol. The molecule has 100 heavy (non-hydrogen) atoms. The van der Waals surface area contributed by atoms with Gasteiger partial charge in [0.25, 0.3) is 0 Å². The van der Waals surface area contributed by atoms with Crippen molar-refractivity contribution in [2.45, 2.75) is 0 Å². The fraction of sp³-hybridized carbons (Fsp3) is 0. The van der Waals surface area contributed by atoms with Crippen molar-refractivity contribution in [1.29, 1.82) is 0 Å². The summed E-state index contributed by atoms with van der Waals surface area (Å²) in [5.41, 5.74) is 10.4. The van der Waals surface area contributed by atoms with Gasteiger partial charge in [0.15, 0.2) is 34.9 Å². The third-order valence-electron chi connectivity index (χ3n) is 19.8. The van der Waals surface area contributed by atoms with E-state index >= 15 is 0 Å². The lowest BCUT2D eigenvalue weighted by molar-refractivity contribution is 1.07. The molecule has 6 nitrogen and oxygen atoms in total. The van der Waals surface area contributed by atoms with Gasteiger partial charge in [0.05, 0.1) is 0 Å². The van der Waals surface area contributed by atoms with E-state index in [1.54, 1.807) is 0 Å². The summed E-state index contributed by atoms with van der Waals surface area (Å²) in [5, 5.41) is 24.5. The molecule has 0 saturated heterocycles. The number of hydrogen-bond donors (Lipinski definition) is 0. The van der Waals surface area contributed by atoms with E-state index in [9.17, 15) is 0 Å². The van der Waals surface area contributed by atoms with Gasteiger partial charge in [-0.25, -0.2) is 29.9 Å². The molecule has 0 aliphatic rings. The molecule has 0 N–H and O–H groups in total. The van der Waals surface area contributed by atoms with E-state index < -0.39 is 0 Å². The number of nitrogens with zero attached hydrogens (tertiary/aromatic N) is 6. The maximum Gasteiger partial charge on any atom is 0.164 e. The van der Waals surface area contributed by atoms with Gasteiger partial charge in [0.1, 0.15) is 0 Å². The van der Waals surface area contributed by atoms with Crippen LogP contribution < -0.4 is 0 Å². The monoisotopic (exact) mass is 1270 g/mol. The zero-order valence-corrected chi connectivity index (χ0v) is 54.2. The first-order valence-corrected chi connectivity index (χ1v) is 33.9. The van der Waals surface area contributed by atoms with Gasteiger partial charge in [0, 0.05) is 33.4 Å². The zero-order chi connectivity index (χ0) is 66.0. The maximum atomic E-state index is 5.13. The summed E-state index contributed by atoms with van der Waals surface area (Å²) in [4.78, 5) is 30.3. The second-order valence-electron chi connectivity index (χ2n) is 25.7. The van der Waals surface area contributed by atoms with Crippen molar-refractivity contribution in [3.63, 3.8) is 0 Å². The molecule has 0 bridgehead atoms. The molecule has 2 aromatic heterocycles. The summed E-state index contributed by atoms with van der Waals surface area (Å²) < 4.78 is 0. The Labute approximate surface area is 576 Å². The summed E-state index contributed by atoms with van der Waals surface area (Å²) in [6, 6.07) is 125. The molecule has 0 radical (unpaired) electrons. The van der Waals surface area contributed by atoms with Crippen LogP contribution in [0.25, 0.3) is 198 Å². The molecular formula is C94H58N6. The molecule has 0 saturated carbocycles. The van der Waals surface area contributed by atoms with Crippen molar-refractivity contribution >= 4 is 108 Å². The largest absolute Gasteiger partial charge is 0.208 e. The van der Waals surface area contributed by atoms with E-state index in [0.29, 0.717) is 34.9 Å². The normalized spacial score (nSPS) is 11.6. The zero-order valence-electron chi connectivity index (χ0n) is 54.2. The van der Waals surface area contributed by atoms with Gasteiger partial charge >= 0.3 is 0 Å². The Bertz CT molecular complexity index is 6570. The molecule has 20 aromatic rings. The van der Waals surface area contributed by atoms with Crippen molar-refractivity contribution in [3.05, 3.63) is 352 Å². The summed E-state index contributed by atoms with van der Waals surface area (Å²) in [5.74, 6) is 3.92. The van der Waals surface area contributed by atoms with Gasteiger partial charge in [-0.15, -0.1) is 0 Å². The first kappa shape index (κ1) is 58.0. The highest BCUT2D eigenvalue weighted by molar-refractivity contribution is 6.19. The second-order valence-corrected chi connectivity index (χ2v) is 25.7. The summed E-state index contributed by atoms with van der Waals surface area (Å²) in [6.07, 6.45) is 0. The van der Waals surface area contributed by atoms with Crippen molar-refractivity contribution in [1.82, 2.24) is 29.9 Å². The van der Waals surface area contributed by atoms with Crippen LogP contribution in [0.1, 0.15) is 0 Å². The van der Waals surface area contributed by atoms with Gasteiger partial charge in [0.2, 0.25) is 0 Å². The fourth-order valence-corrected chi connectivity index (χ4v) is 14.7. The highest BCUT2D eigenvalue weighted by Gasteiger charge is 2.19. The third kappa shape index (κ3) is 10.6. The van der Waals surface area contributed by atoms with Gasteiger partial charge in [-0.05, 0) is 166 Å². The Kier molecular flexibility index (Phi) is 14.1. The summed E-state index contributed by atoms with van der Waals surface area (Å²) in [7, 11) is 0. The molecule has 6 heteroatoms. The maximum absolute atomic E-state index is 5.13. The highest BCUT2D eigenvalue weighted by atomic mass is 15.0. The highest BCUT2D eigenvalue weighted by Crippen LogP contribution is 2.41. The minimum absolute atomic E-state index is 0.648. The van der Waals surface area contributed by atoms with Gasteiger partial charge < -0.3 is 0 Å². The SMILES string of the molecule is c1ccc(-c2nc(-c3ccc4ccccc4c3)nc(-c3ccc(-c4ccc5c(ccc6c7ccccc7ccc56)c4)c4ccccc34)n2)cc1.c1ccc2cc(-c3nc(-c4ccc(-c5ccc6c(ccc7c8ccccc8ccc67)c5)cc4)nc(-c4ccc5ccccc5c4)n3)ccc2c1. The predicted molar refractivity (Wildman–Crippen MR) is 418 cm³/mol. The topological polar surface area (TPSA) is 77.3 Å². The number of hydrogen-bond acceptors (Lipinski definition) is 6. The third-order valence-corrected chi connectivity index (χ3v) is 19.8. The van der Waals surface area contributed by atoms with E-state index in [2.05, 4.69) is 334 Å². The van der Waals surface area contributed by atoms with Crippen LogP contribution >= 0.6 is 0 Å². The van der Waals surface area contributed by atoms with Crippen LogP contribution in [0.15, 0.2) is 352 Å². The molecule has 2 heterocycles. The smallest absolute Gasteiger partial charge is 0.164 e. The van der Waals surface area contributed by atoms with Gasteiger partial charge in [-0.2, -0.15) is 0 Å². The fourth-order valence-electron chi connectivity index (χ4n) is 14.7. The van der Waals surface area contributed by atoms with Crippen LogP contribution in [-0.4, -0.2) is 29.9 Å². The van der Waals surface area contributed by atoms with Crippen molar-refractivity contribution in [2.75, 3.05) is 0 Å². The Hall–Kier alpha value is -13.4. The van der Waals surface area contributed by atoms with Gasteiger partial charge in [-0.1, -0.05) is 315 Å². The number of aromatic nitrogens is 6. The average molecular weight is 1270 g/mol. The standard InChI is InChI=1S/2C47H29N3/c1-3-10-35-28-39(19-15-30(35)7-1)46-48-45(49-47(50-46)40-20-16-31-8-2-4-11-36(31)29-40)34-17-13-32(14-18-34)37-22-24-42-38(27-37)23-26-43-41-12-6-5-9-33(41)21-25-44(42)43;1-2-12-32(13-3-1)45-48-46(36-19-18-30-10-4-5-14-33(30)28-36)50-47(49-45)44-27-26-39(40-16-8-9-17-41(40)44)34-21-23-38-35(29-34)22-25-42-37-15-7-6-11-31(37)20-24-43(38)42/h2*1-29H. The first-order chi connectivity index (χ1) is 49.5. The van der Waals surface area contributed by atoms with Crippen LogP contribution in [0.5, 0.6) is 0 Å². The van der Waals surface area contributed by atoms with Crippen LogP contribution in [0.2, 0.25) is 0 Å². The minimum Gasteiger partial charge on any atom is -0.208 e. The molecule has 464 valence electrons. The Morgan fingerprint density at radius 3 is 0.860 bits per heavy atom.